The second kappa shape index (κ2) is 5.93. The Morgan fingerprint density at radius 2 is 1.30 bits per heavy atom. The van der Waals surface area contributed by atoms with Crippen LogP contribution in [0.15, 0.2) is 84.9 Å². The Morgan fingerprint density at radius 1 is 0.652 bits per heavy atom. The summed E-state index contributed by atoms with van der Waals surface area (Å²) >= 11 is 0. The number of fused-ring (bicyclic) bond motifs is 1. The quantitative estimate of drug-likeness (QED) is 0.508. The van der Waals surface area contributed by atoms with Crippen LogP contribution in [0.25, 0.3) is 28.7 Å². The molecule has 4 aromatic rings. The maximum absolute atomic E-state index is 4.80. The number of hydrogen-bond acceptors (Lipinski definition) is 1. The topological polar surface area (TPSA) is 17.8 Å². The SMILES string of the molecule is C(=C\c1nn(-c2ccccc2)c2ccccc12)/c1ccccc1. The molecule has 2 heteroatoms. The van der Waals surface area contributed by atoms with E-state index in [-0.39, 0.29) is 0 Å². The minimum atomic E-state index is 0.980. The highest BCUT2D eigenvalue weighted by Crippen LogP contribution is 2.23. The molecule has 0 atom stereocenters. The van der Waals surface area contributed by atoms with Gasteiger partial charge in [-0.25, -0.2) is 4.68 Å². The summed E-state index contributed by atoms with van der Waals surface area (Å²) in [5, 5.41) is 5.96. The molecule has 110 valence electrons. The van der Waals surface area contributed by atoms with Crippen molar-refractivity contribution in [1.29, 1.82) is 0 Å². The van der Waals surface area contributed by atoms with Crippen LogP contribution in [-0.4, -0.2) is 9.78 Å². The van der Waals surface area contributed by atoms with Crippen molar-refractivity contribution in [3.05, 3.63) is 96.2 Å². The van der Waals surface area contributed by atoms with Crippen molar-refractivity contribution in [2.75, 3.05) is 0 Å². The standard InChI is InChI=1S/C21H16N2/c1-3-9-17(10-4-1)15-16-20-19-13-7-8-14-21(19)23(22-20)18-11-5-2-6-12-18/h1-16H/b16-15+. The maximum atomic E-state index is 4.80. The Bertz CT molecular complexity index is 951. The molecule has 0 aliphatic rings. The average Bonchev–Trinajstić information content (AvgIpc) is 3.01. The summed E-state index contributed by atoms with van der Waals surface area (Å²) in [5.74, 6) is 0. The second-order valence-electron chi connectivity index (χ2n) is 5.39. The van der Waals surface area contributed by atoms with Gasteiger partial charge in [-0.1, -0.05) is 72.8 Å². The van der Waals surface area contributed by atoms with Gasteiger partial charge in [-0.3, -0.25) is 0 Å². The van der Waals surface area contributed by atoms with Gasteiger partial charge in [0, 0.05) is 5.39 Å². The molecule has 1 heterocycles. The lowest BCUT2D eigenvalue weighted by atomic mass is 10.1. The molecule has 0 bridgehead atoms. The van der Waals surface area contributed by atoms with Crippen LogP contribution in [0.5, 0.6) is 0 Å². The fourth-order valence-corrected chi connectivity index (χ4v) is 2.72. The van der Waals surface area contributed by atoms with Gasteiger partial charge in [-0.2, -0.15) is 5.10 Å². The number of nitrogens with zero attached hydrogens (tertiary/aromatic N) is 2. The highest BCUT2D eigenvalue weighted by Gasteiger charge is 2.08. The Balaban J connectivity index is 1.83. The zero-order valence-corrected chi connectivity index (χ0v) is 12.6. The number of benzene rings is 3. The fourth-order valence-electron chi connectivity index (χ4n) is 2.72. The average molecular weight is 296 g/mol. The molecular formula is C21H16N2. The second-order valence-corrected chi connectivity index (χ2v) is 5.39. The molecule has 3 aromatic carbocycles. The monoisotopic (exact) mass is 296 g/mol. The molecular weight excluding hydrogens is 280 g/mol. The minimum absolute atomic E-state index is 0.980. The first-order valence-corrected chi connectivity index (χ1v) is 7.68. The van der Waals surface area contributed by atoms with Crippen LogP contribution in [0.4, 0.5) is 0 Å². The van der Waals surface area contributed by atoms with Crippen molar-refractivity contribution in [1.82, 2.24) is 9.78 Å². The van der Waals surface area contributed by atoms with Crippen LogP contribution in [0.2, 0.25) is 0 Å². The van der Waals surface area contributed by atoms with Crippen molar-refractivity contribution in [3.63, 3.8) is 0 Å². The smallest absolute Gasteiger partial charge is 0.0934 e. The van der Waals surface area contributed by atoms with Crippen molar-refractivity contribution < 1.29 is 0 Å². The van der Waals surface area contributed by atoms with Gasteiger partial charge in [0.25, 0.3) is 0 Å². The molecule has 0 aliphatic carbocycles. The Labute approximate surface area is 135 Å². The van der Waals surface area contributed by atoms with E-state index >= 15 is 0 Å². The molecule has 0 radical (unpaired) electrons. The molecule has 0 spiro atoms. The number of aromatic nitrogens is 2. The lowest BCUT2D eigenvalue weighted by Gasteiger charge is -2.01. The van der Waals surface area contributed by atoms with Crippen LogP contribution in [-0.2, 0) is 0 Å². The van der Waals surface area contributed by atoms with E-state index < -0.39 is 0 Å². The lowest BCUT2D eigenvalue weighted by Crippen LogP contribution is -1.95. The largest absolute Gasteiger partial charge is 0.232 e. The Hall–Kier alpha value is -3.13. The summed E-state index contributed by atoms with van der Waals surface area (Å²) in [6, 6.07) is 28.8. The Morgan fingerprint density at radius 3 is 2.09 bits per heavy atom. The zero-order valence-electron chi connectivity index (χ0n) is 12.6. The molecule has 0 amide bonds. The van der Waals surface area contributed by atoms with Gasteiger partial charge in [0.15, 0.2) is 0 Å². The summed E-state index contributed by atoms with van der Waals surface area (Å²) in [6.45, 7) is 0. The normalized spacial score (nSPS) is 11.3. The van der Waals surface area contributed by atoms with E-state index in [0.717, 1.165) is 22.3 Å². The number of hydrogen-bond donors (Lipinski definition) is 0. The van der Waals surface area contributed by atoms with E-state index in [1.807, 2.05) is 47.1 Å². The van der Waals surface area contributed by atoms with Gasteiger partial charge in [0.2, 0.25) is 0 Å². The molecule has 0 N–H and O–H groups in total. The van der Waals surface area contributed by atoms with Crippen molar-refractivity contribution in [2.45, 2.75) is 0 Å². The predicted octanol–water partition coefficient (Wildman–Crippen LogP) is 5.20. The highest BCUT2D eigenvalue weighted by molar-refractivity contribution is 5.90. The van der Waals surface area contributed by atoms with Gasteiger partial charge >= 0.3 is 0 Å². The summed E-state index contributed by atoms with van der Waals surface area (Å²) in [7, 11) is 0. The molecule has 1 aromatic heterocycles. The number of para-hydroxylation sites is 2. The third kappa shape index (κ3) is 2.67. The number of rotatable bonds is 3. The van der Waals surface area contributed by atoms with Crippen LogP contribution in [0.1, 0.15) is 11.3 Å². The van der Waals surface area contributed by atoms with E-state index in [2.05, 4.69) is 54.6 Å². The van der Waals surface area contributed by atoms with E-state index in [1.165, 1.54) is 5.56 Å². The van der Waals surface area contributed by atoms with Gasteiger partial charge in [-0.15, -0.1) is 0 Å². The predicted molar refractivity (Wildman–Crippen MR) is 96.4 cm³/mol. The molecule has 23 heavy (non-hydrogen) atoms. The van der Waals surface area contributed by atoms with Gasteiger partial charge in [-0.05, 0) is 29.8 Å². The first kappa shape index (κ1) is 13.5. The maximum Gasteiger partial charge on any atom is 0.0934 e. The van der Waals surface area contributed by atoms with E-state index in [1.54, 1.807) is 0 Å². The molecule has 0 saturated heterocycles. The van der Waals surface area contributed by atoms with Crippen LogP contribution in [0.3, 0.4) is 0 Å². The minimum Gasteiger partial charge on any atom is -0.232 e. The molecule has 0 aliphatic heterocycles. The fraction of sp³-hybridized carbons (Fsp3) is 0. The van der Waals surface area contributed by atoms with Crippen molar-refractivity contribution in [2.24, 2.45) is 0 Å². The summed E-state index contributed by atoms with van der Waals surface area (Å²) in [4.78, 5) is 0. The Kier molecular flexibility index (Phi) is 3.49. The first-order chi connectivity index (χ1) is 11.4. The van der Waals surface area contributed by atoms with Crippen LogP contribution >= 0.6 is 0 Å². The molecule has 0 saturated carbocycles. The summed E-state index contributed by atoms with van der Waals surface area (Å²) in [6.07, 6.45) is 4.18. The molecule has 0 fully saturated rings. The van der Waals surface area contributed by atoms with Crippen LogP contribution < -0.4 is 0 Å². The molecule has 4 rings (SSSR count). The molecule has 0 unspecified atom stereocenters. The van der Waals surface area contributed by atoms with E-state index in [0.29, 0.717) is 0 Å². The van der Waals surface area contributed by atoms with Crippen molar-refractivity contribution >= 4 is 23.1 Å². The van der Waals surface area contributed by atoms with E-state index in [4.69, 9.17) is 5.10 Å². The molecule has 2 nitrogen and oxygen atoms in total. The lowest BCUT2D eigenvalue weighted by molar-refractivity contribution is 0.905. The first-order valence-electron chi connectivity index (χ1n) is 7.68. The third-order valence-electron chi connectivity index (χ3n) is 3.85. The van der Waals surface area contributed by atoms with E-state index in [9.17, 15) is 0 Å². The van der Waals surface area contributed by atoms with Gasteiger partial charge < -0.3 is 0 Å². The van der Waals surface area contributed by atoms with Crippen molar-refractivity contribution in [3.8, 4) is 5.69 Å². The third-order valence-corrected chi connectivity index (χ3v) is 3.85. The summed E-state index contributed by atoms with van der Waals surface area (Å²) in [5.41, 5.74) is 4.34. The highest BCUT2D eigenvalue weighted by atomic mass is 15.3. The van der Waals surface area contributed by atoms with Gasteiger partial charge in [0.1, 0.15) is 0 Å². The zero-order chi connectivity index (χ0) is 15.5. The summed E-state index contributed by atoms with van der Waals surface area (Å²) < 4.78 is 2.00. The van der Waals surface area contributed by atoms with Crippen LogP contribution in [0, 0.1) is 0 Å². The van der Waals surface area contributed by atoms with Gasteiger partial charge in [0.05, 0.1) is 16.9 Å².